The van der Waals surface area contributed by atoms with Crippen molar-refractivity contribution in [1.29, 1.82) is 0 Å². The summed E-state index contributed by atoms with van der Waals surface area (Å²) in [6, 6.07) is 10.3. The molecule has 0 saturated carbocycles. The maximum atomic E-state index is 12.7. The van der Waals surface area contributed by atoms with E-state index in [1.54, 1.807) is 24.3 Å². The van der Waals surface area contributed by atoms with Crippen molar-refractivity contribution in [1.82, 2.24) is 20.5 Å². The van der Waals surface area contributed by atoms with Crippen LogP contribution in [0.3, 0.4) is 0 Å². The van der Waals surface area contributed by atoms with Gasteiger partial charge in [0.2, 0.25) is 0 Å². The monoisotopic (exact) mass is 364 g/mol. The highest BCUT2D eigenvalue weighted by Gasteiger charge is 2.19. The second-order valence-corrected chi connectivity index (χ2v) is 6.99. The summed E-state index contributed by atoms with van der Waals surface area (Å²) in [5, 5.41) is 11.0. The Morgan fingerprint density at radius 1 is 1.15 bits per heavy atom. The Morgan fingerprint density at radius 3 is 2.70 bits per heavy atom. The Balaban J connectivity index is 1.57. The van der Waals surface area contributed by atoms with Crippen LogP contribution in [0.4, 0.5) is 11.5 Å². The first-order valence-electron chi connectivity index (χ1n) is 9.24. The lowest BCUT2D eigenvalue weighted by Gasteiger charge is -2.32. The maximum Gasteiger partial charge on any atom is 0.258 e. The summed E-state index contributed by atoms with van der Waals surface area (Å²) in [5.74, 6) is 0.901. The van der Waals surface area contributed by atoms with Crippen molar-refractivity contribution in [2.24, 2.45) is 0 Å². The third kappa shape index (κ3) is 3.50. The quantitative estimate of drug-likeness (QED) is 0.743. The van der Waals surface area contributed by atoms with Gasteiger partial charge in [-0.15, -0.1) is 0 Å². The van der Waals surface area contributed by atoms with Gasteiger partial charge in [0.05, 0.1) is 17.4 Å². The number of aromatic amines is 1. The van der Waals surface area contributed by atoms with Gasteiger partial charge in [-0.2, -0.15) is 5.10 Å². The summed E-state index contributed by atoms with van der Waals surface area (Å²) in [6.45, 7) is 2.11. The number of piperidine rings is 1. The van der Waals surface area contributed by atoms with E-state index in [4.69, 9.17) is 4.98 Å². The van der Waals surface area contributed by atoms with Gasteiger partial charge < -0.3 is 15.1 Å². The third-order valence-corrected chi connectivity index (χ3v) is 5.31. The summed E-state index contributed by atoms with van der Waals surface area (Å²) < 4.78 is 0. The second-order valence-electron chi connectivity index (χ2n) is 6.99. The summed E-state index contributed by atoms with van der Waals surface area (Å²) in [6.07, 6.45) is 5.58. The average molecular weight is 364 g/mol. The smallest absolute Gasteiger partial charge is 0.258 e. The average Bonchev–Trinajstić information content (AvgIpc) is 3.27. The Hall–Kier alpha value is -2.93. The fraction of sp³-hybridized carbons (Fsp3) is 0.350. The molecule has 0 atom stereocenters. The topological polar surface area (TPSA) is 77.2 Å². The molecule has 0 bridgehead atoms. The lowest BCUT2D eigenvalue weighted by atomic mass is 10.1. The second kappa shape index (κ2) is 7.36. The molecule has 0 radical (unpaired) electrons. The number of anilines is 2. The number of benzene rings is 1. The van der Waals surface area contributed by atoms with Gasteiger partial charge in [-0.1, -0.05) is 0 Å². The summed E-state index contributed by atoms with van der Waals surface area (Å²) in [4.78, 5) is 21.4. The van der Waals surface area contributed by atoms with Crippen LogP contribution >= 0.6 is 0 Å². The number of H-pyrrole nitrogens is 1. The number of carbonyl (C=O) groups excluding carboxylic acids is 1. The van der Waals surface area contributed by atoms with Gasteiger partial charge in [0.25, 0.3) is 5.91 Å². The van der Waals surface area contributed by atoms with Crippen LogP contribution in [-0.4, -0.2) is 54.3 Å². The molecule has 7 heteroatoms. The Bertz CT molecular complexity index is 933. The van der Waals surface area contributed by atoms with Crippen molar-refractivity contribution in [2.75, 3.05) is 37.0 Å². The largest absolute Gasteiger partial charge is 0.357 e. The van der Waals surface area contributed by atoms with E-state index in [2.05, 4.69) is 27.5 Å². The Morgan fingerprint density at radius 2 is 1.96 bits per heavy atom. The molecule has 0 unspecified atom stereocenters. The van der Waals surface area contributed by atoms with Crippen LogP contribution in [0.25, 0.3) is 10.9 Å². The molecular weight excluding hydrogens is 340 g/mol. The fourth-order valence-corrected chi connectivity index (χ4v) is 3.56. The zero-order valence-corrected chi connectivity index (χ0v) is 15.6. The first kappa shape index (κ1) is 17.5. The molecular formula is C20H24N6O. The van der Waals surface area contributed by atoms with Gasteiger partial charge in [-0.25, -0.2) is 4.98 Å². The zero-order chi connectivity index (χ0) is 18.8. The van der Waals surface area contributed by atoms with E-state index in [0.29, 0.717) is 11.6 Å². The minimum atomic E-state index is -0.0748. The molecule has 3 aromatic rings. The maximum absolute atomic E-state index is 12.7. The van der Waals surface area contributed by atoms with Crippen molar-refractivity contribution < 1.29 is 4.79 Å². The number of rotatable bonds is 4. The van der Waals surface area contributed by atoms with E-state index in [0.717, 1.165) is 48.3 Å². The van der Waals surface area contributed by atoms with E-state index < -0.39 is 0 Å². The van der Waals surface area contributed by atoms with Crippen molar-refractivity contribution in [3.8, 4) is 0 Å². The van der Waals surface area contributed by atoms with Crippen LogP contribution in [-0.2, 0) is 0 Å². The Kier molecular flexibility index (Phi) is 4.77. The highest BCUT2D eigenvalue weighted by molar-refractivity contribution is 6.07. The number of carbonyl (C=O) groups is 1. The van der Waals surface area contributed by atoms with E-state index in [1.807, 2.05) is 30.3 Å². The lowest BCUT2D eigenvalue weighted by Crippen LogP contribution is -2.41. The molecule has 140 valence electrons. The molecule has 4 rings (SSSR count). The van der Waals surface area contributed by atoms with Crippen LogP contribution < -0.4 is 15.1 Å². The van der Waals surface area contributed by atoms with Crippen molar-refractivity contribution in [3.63, 3.8) is 0 Å². The van der Waals surface area contributed by atoms with Gasteiger partial charge in [0.15, 0.2) is 0 Å². The number of hydrogen-bond donors (Lipinski definition) is 2. The zero-order valence-electron chi connectivity index (χ0n) is 15.6. The number of hydrogen-bond acceptors (Lipinski definition) is 5. The molecule has 1 aliphatic heterocycles. The predicted octanol–water partition coefficient (Wildman–Crippen LogP) is 2.42. The SMILES string of the molecule is CN(C(=O)c1ccc2nc(N(C)C3CCNCC3)ccc2c1)c1cn[nH]c1. The van der Waals surface area contributed by atoms with Crippen LogP contribution in [0.1, 0.15) is 23.2 Å². The first-order chi connectivity index (χ1) is 13.1. The van der Waals surface area contributed by atoms with Gasteiger partial charge in [0.1, 0.15) is 5.82 Å². The molecule has 1 aromatic carbocycles. The number of nitrogens with zero attached hydrogens (tertiary/aromatic N) is 4. The molecule has 27 heavy (non-hydrogen) atoms. The number of fused-ring (bicyclic) bond motifs is 1. The molecule has 2 aromatic heterocycles. The molecule has 7 nitrogen and oxygen atoms in total. The standard InChI is InChI=1S/C20H24N6O/c1-25(16-7-9-21-10-8-16)19-6-4-14-11-15(3-5-18(14)24-19)20(27)26(2)17-12-22-23-13-17/h3-6,11-13,16,21H,7-10H2,1-2H3,(H,22,23). The van der Waals surface area contributed by atoms with Crippen LogP contribution in [0.15, 0.2) is 42.7 Å². The van der Waals surface area contributed by atoms with Gasteiger partial charge in [-0.3, -0.25) is 9.89 Å². The van der Waals surface area contributed by atoms with Gasteiger partial charge >= 0.3 is 0 Å². The first-order valence-corrected chi connectivity index (χ1v) is 9.24. The summed E-state index contributed by atoms with van der Waals surface area (Å²) >= 11 is 0. The van der Waals surface area contributed by atoms with Crippen molar-refractivity contribution >= 4 is 28.3 Å². The highest BCUT2D eigenvalue weighted by atomic mass is 16.2. The number of pyridine rings is 1. The molecule has 1 amide bonds. The molecule has 0 spiro atoms. The Labute approximate surface area is 158 Å². The van der Waals surface area contributed by atoms with E-state index in [9.17, 15) is 4.79 Å². The van der Waals surface area contributed by atoms with Crippen molar-refractivity contribution in [3.05, 3.63) is 48.3 Å². The lowest BCUT2D eigenvalue weighted by molar-refractivity contribution is 0.0993. The predicted molar refractivity (Wildman–Crippen MR) is 107 cm³/mol. The molecule has 2 N–H and O–H groups in total. The van der Waals surface area contributed by atoms with Gasteiger partial charge in [-0.05, 0) is 56.3 Å². The van der Waals surface area contributed by atoms with Crippen LogP contribution in [0.5, 0.6) is 0 Å². The minimum Gasteiger partial charge on any atom is -0.357 e. The molecule has 1 aliphatic rings. The number of aromatic nitrogens is 3. The third-order valence-electron chi connectivity index (χ3n) is 5.31. The minimum absolute atomic E-state index is 0.0748. The highest BCUT2D eigenvalue weighted by Crippen LogP contribution is 2.23. The summed E-state index contributed by atoms with van der Waals surface area (Å²) in [7, 11) is 3.86. The molecule has 1 fully saturated rings. The van der Waals surface area contributed by atoms with Crippen molar-refractivity contribution in [2.45, 2.75) is 18.9 Å². The van der Waals surface area contributed by atoms with E-state index >= 15 is 0 Å². The van der Waals surface area contributed by atoms with Crippen LogP contribution in [0.2, 0.25) is 0 Å². The normalized spacial score (nSPS) is 15.0. The molecule has 0 aliphatic carbocycles. The van der Waals surface area contributed by atoms with Crippen LogP contribution in [0, 0.1) is 0 Å². The number of nitrogens with one attached hydrogen (secondary N) is 2. The van der Waals surface area contributed by atoms with E-state index in [1.165, 1.54) is 0 Å². The molecule has 3 heterocycles. The van der Waals surface area contributed by atoms with E-state index in [-0.39, 0.29) is 5.91 Å². The molecule has 1 saturated heterocycles. The number of amides is 1. The summed E-state index contributed by atoms with van der Waals surface area (Å²) in [5.41, 5.74) is 2.26. The van der Waals surface area contributed by atoms with Gasteiger partial charge in [0, 0.05) is 37.3 Å². The fourth-order valence-electron chi connectivity index (χ4n) is 3.56.